The molecular formula is C18H14FN5O2S. The molecule has 0 amide bonds. The highest BCUT2D eigenvalue weighted by atomic mass is 32.1. The number of rotatable bonds is 6. The van der Waals surface area contributed by atoms with Crippen LogP contribution in [0.15, 0.2) is 42.6 Å². The van der Waals surface area contributed by atoms with Crippen molar-refractivity contribution in [1.82, 2.24) is 9.97 Å². The maximum absolute atomic E-state index is 14.0. The van der Waals surface area contributed by atoms with Crippen LogP contribution in [0.2, 0.25) is 0 Å². The predicted octanol–water partition coefficient (Wildman–Crippen LogP) is 4.02. The van der Waals surface area contributed by atoms with Gasteiger partial charge in [-0.1, -0.05) is 12.1 Å². The summed E-state index contributed by atoms with van der Waals surface area (Å²) in [7, 11) is 1.30. The largest absolute Gasteiger partial charge is 0.465 e. The van der Waals surface area contributed by atoms with Crippen LogP contribution in [0.1, 0.15) is 15.2 Å². The molecular weight excluding hydrogens is 369 g/mol. The smallest absolute Gasteiger partial charge is 0.348 e. The van der Waals surface area contributed by atoms with Crippen molar-refractivity contribution in [3.05, 3.63) is 58.9 Å². The minimum absolute atomic E-state index is 0.0214. The van der Waals surface area contributed by atoms with E-state index in [0.29, 0.717) is 22.0 Å². The summed E-state index contributed by atoms with van der Waals surface area (Å²) in [6.07, 6.45) is 1.38. The Hall–Kier alpha value is -3.51. The van der Waals surface area contributed by atoms with E-state index in [2.05, 4.69) is 31.4 Å². The lowest BCUT2D eigenvalue weighted by Gasteiger charge is -2.08. The molecule has 0 bridgehead atoms. The first-order chi connectivity index (χ1) is 13.1. The summed E-state index contributed by atoms with van der Waals surface area (Å²) in [5.41, 5.74) is 1.60. The van der Waals surface area contributed by atoms with Gasteiger partial charge in [-0.3, -0.25) is 0 Å². The van der Waals surface area contributed by atoms with Gasteiger partial charge in [0.15, 0.2) is 11.6 Å². The van der Waals surface area contributed by atoms with Crippen LogP contribution in [-0.4, -0.2) is 23.0 Å². The lowest BCUT2D eigenvalue weighted by Crippen LogP contribution is -2.02. The quantitative estimate of drug-likeness (QED) is 0.620. The second-order valence-corrected chi connectivity index (χ2v) is 6.41. The molecule has 0 saturated heterocycles. The monoisotopic (exact) mass is 383 g/mol. The Bertz CT molecular complexity index is 998. The highest BCUT2D eigenvalue weighted by Crippen LogP contribution is 2.27. The molecule has 1 aromatic carbocycles. The van der Waals surface area contributed by atoms with E-state index in [1.807, 2.05) is 12.1 Å². The minimum Gasteiger partial charge on any atom is -0.465 e. The number of nitrogens with one attached hydrogen (secondary N) is 2. The lowest BCUT2D eigenvalue weighted by molar-refractivity contribution is 0.0606. The summed E-state index contributed by atoms with van der Waals surface area (Å²) in [4.78, 5) is 19.9. The van der Waals surface area contributed by atoms with Gasteiger partial charge in [-0.15, -0.1) is 11.3 Å². The van der Waals surface area contributed by atoms with Gasteiger partial charge in [0.2, 0.25) is 5.95 Å². The zero-order valence-electron chi connectivity index (χ0n) is 14.2. The number of nitriles is 1. The number of esters is 1. The number of methoxy groups -OCH3 is 1. The van der Waals surface area contributed by atoms with E-state index in [9.17, 15) is 9.18 Å². The van der Waals surface area contributed by atoms with Crippen molar-refractivity contribution in [3.63, 3.8) is 0 Å². The van der Waals surface area contributed by atoms with E-state index in [-0.39, 0.29) is 11.8 Å². The molecule has 0 atom stereocenters. The van der Waals surface area contributed by atoms with Gasteiger partial charge in [-0.05, 0) is 29.8 Å². The molecule has 0 spiro atoms. The molecule has 0 aliphatic carbocycles. The van der Waals surface area contributed by atoms with Gasteiger partial charge in [-0.25, -0.2) is 14.2 Å². The highest BCUT2D eigenvalue weighted by Gasteiger charge is 2.12. The van der Waals surface area contributed by atoms with Crippen LogP contribution in [0.5, 0.6) is 0 Å². The first-order valence-electron chi connectivity index (χ1n) is 7.79. The van der Waals surface area contributed by atoms with Crippen LogP contribution < -0.4 is 10.6 Å². The average Bonchev–Trinajstić information content (AvgIpc) is 3.14. The van der Waals surface area contributed by atoms with Gasteiger partial charge >= 0.3 is 5.97 Å². The van der Waals surface area contributed by atoms with Crippen molar-refractivity contribution in [2.24, 2.45) is 0 Å². The standard InChI is InChI=1S/C18H14FN5O2S/c1-26-17(25)14-6-7-15(27-14)23-16-13(19)10-21-18(24-16)22-12-4-2-11(3-5-12)8-9-20/h2-7,10H,8H2,1H3,(H2,21,22,23,24). The Morgan fingerprint density at radius 2 is 2.04 bits per heavy atom. The number of hydrogen-bond donors (Lipinski definition) is 2. The summed E-state index contributed by atoms with van der Waals surface area (Å²) in [5, 5.41) is 15.0. The Labute approximate surface area is 158 Å². The minimum atomic E-state index is -0.627. The molecule has 136 valence electrons. The fourth-order valence-corrected chi connectivity index (χ4v) is 3.00. The third kappa shape index (κ3) is 4.56. The van der Waals surface area contributed by atoms with Crippen LogP contribution in [0, 0.1) is 17.1 Å². The number of aromatic nitrogens is 2. The summed E-state index contributed by atoms with van der Waals surface area (Å²) in [6.45, 7) is 0. The molecule has 2 heterocycles. The molecule has 0 fully saturated rings. The summed E-state index contributed by atoms with van der Waals surface area (Å²) in [5.74, 6) is -0.903. The normalized spacial score (nSPS) is 10.1. The topological polar surface area (TPSA) is 99.9 Å². The van der Waals surface area contributed by atoms with Crippen LogP contribution in [-0.2, 0) is 11.2 Å². The fourth-order valence-electron chi connectivity index (χ4n) is 2.17. The van der Waals surface area contributed by atoms with Crippen LogP contribution in [0.3, 0.4) is 0 Å². The highest BCUT2D eigenvalue weighted by molar-refractivity contribution is 7.17. The van der Waals surface area contributed by atoms with Gasteiger partial charge in [0, 0.05) is 5.69 Å². The van der Waals surface area contributed by atoms with E-state index in [0.717, 1.165) is 23.1 Å². The molecule has 0 radical (unpaired) electrons. The van der Waals surface area contributed by atoms with Gasteiger partial charge in [0.25, 0.3) is 0 Å². The molecule has 2 N–H and O–H groups in total. The number of anilines is 4. The number of ether oxygens (including phenoxy) is 1. The summed E-state index contributed by atoms with van der Waals surface area (Å²) < 4.78 is 18.7. The van der Waals surface area contributed by atoms with E-state index < -0.39 is 11.8 Å². The first kappa shape index (κ1) is 18.3. The average molecular weight is 383 g/mol. The molecule has 9 heteroatoms. The van der Waals surface area contributed by atoms with Crippen molar-refractivity contribution >= 4 is 39.8 Å². The Balaban J connectivity index is 1.75. The number of halogens is 1. The van der Waals surface area contributed by atoms with Crippen molar-refractivity contribution in [3.8, 4) is 6.07 Å². The maximum Gasteiger partial charge on any atom is 0.348 e. The first-order valence-corrected chi connectivity index (χ1v) is 8.61. The molecule has 0 unspecified atom stereocenters. The second kappa shape index (κ2) is 8.25. The van der Waals surface area contributed by atoms with E-state index in [1.54, 1.807) is 24.3 Å². The van der Waals surface area contributed by atoms with Crippen molar-refractivity contribution < 1.29 is 13.9 Å². The molecule has 0 aliphatic heterocycles. The third-order valence-corrected chi connectivity index (χ3v) is 4.45. The Morgan fingerprint density at radius 1 is 1.26 bits per heavy atom. The van der Waals surface area contributed by atoms with E-state index in [1.165, 1.54) is 7.11 Å². The number of carbonyl (C=O) groups excluding carboxylic acids is 1. The summed E-state index contributed by atoms with van der Waals surface area (Å²) in [6, 6.07) is 12.5. The predicted molar refractivity (Wildman–Crippen MR) is 100.0 cm³/mol. The number of hydrogen-bond acceptors (Lipinski definition) is 8. The lowest BCUT2D eigenvalue weighted by atomic mass is 10.1. The molecule has 0 saturated carbocycles. The molecule has 2 aromatic heterocycles. The van der Waals surface area contributed by atoms with Crippen molar-refractivity contribution in [2.75, 3.05) is 17.7 Å². The molecule has 3 rings (SSSR count). The van der Waals surface area contributed by atoms with Crippen molar-refractivity contribution in [2.45, 2.75) is 6.42 Å². The summed E-state index contributed by atoms with van der Waals surface area (Å²) >= 11 is 1.13. The van der Waals surface area contributed by atoms with Crippen LogP contribution in [0.25, 0.3) is 0 Å². The van der Waals surface area contributed by atoms with Crippen LogP contribution >= 0.6 is 11.3 Å². The Kier molecular flexibility index (Phi) is 5.58. The van der Waals surface area contributed by atoms with Crippen LogP contribution in [0.4, 0.5) is 26.8 Å². The van der Waals surface area contributed by atoms with Crippen molar-refractivity contribution in [1.29, 1.82) is 5.26 Å². The van der Waals surface area contributed by atoms with Gasteiger partial charge in [-0.2, -0.15) is 10.2 Å². The second-order valence-electron chi connectivity index (χ2n) is 5.33. The number of carbonyl (C=O) groups is 1. The maximum atomic E-state index is 14.0. The molecule has 0 aliphatic rings. The number of thiophene rings is 1. The van der Waals surface area contributed by atoms with Gasteiger partial charge in [0.05, 0.1) is 30.8 Å². The van der Waals surface area contributed by atoms with E-state index >= 15 is 0 Å². The van der Waals surface area contributed by atoms with E-state index in [4.69, 9.17) is 5.26 Å². The molecule has 27 heavy (non-hydrogen) atoms. The zero-order chi connectivity index (χ0) is 19.2. The third-order valence-electron chi connectivity index (χ3n) is 3.47. The number of benzene rings is 1. The molecule has 7 nitrogen and oxygen atoms in total. The zero-order valence-corrected chi connectivity index (χ0v) is 15.0. The fraction of sp³-hybridized carbons (Fsp3) is 0.111. The van der Waals surface area contributed by atoms with Gasteiger partial charge < -0.3 is 15.4 Å². The van der Waals surface area contributed by atoms with Gasteiger partial charge in [0.1, 0.15) is 4.88 Å². The molecule has 3 aromatic rings. The number of nitrogens with zero attached hydrogens (tertiary/aromatic N) is 3. The Morgan fingerprint density at radius 3 is 2.74 bits per heavy atom. The SMILES string of the molecule is COC(=O)c1ccc(Nc2nc(Nc3ccc(CC#N)cc3)ncc2F)s1.